The first kappa shape index (κ1) is 14.0. The van der Waals surface area contributed by atoms with Crippen LogP contribution in [0.5, 0.6) is 0 Å². The van der Waals surface area contributed by atoms with Crippen molar-refractivity contribution in [3.63, 3.8) is 0 Å². The second-order valence-corrected chi connectivity index (χ2v) is 5.60. The average molecular weight is 315 g/mol. The Kier molecular flexibility index (Phi) is 5.64. The quantitative estimate of drug-likeness (QED) is 0.561. The topological polar surface area (TPSA) is 9.23 Å². The van der Waals surface area contributed by atoms with Crippen LogP contribution < -0.4 is 0 Å². The van der Waals surface area contributed by atoms with E-state index in [0.717, 1.165) is 18.4 Å². The summed E-state index contributed by atoms with van der Waals surface area (Å²) in [5.74, 6) is -0.192. The zero-order chi connectivity index (χ0) is 12.8. The highest BCUT2D eigenvalue weighted by Crippen LogP contribution is 2.27. The second-order valence-electron chi connectivity index (χ2n) is 4.95. The monoisotopic (exact) mass is 314 g/mol. The Balaban J connectivity index is 1.99. The molecule has 1 nitrogen and oxygen atoms in total. The number of hydrogen-bond donors (Lipinski definition) is 0. The molecule has 1 aromatic carbocycles. The first-order valence-electron chi connectivity index (χ1n) is 6.76. The first-order chi connectivity index (χ1) is 8.79. The van der Waals surface area contributed by atoms with Gasteiger partial charge in [-0.2, -0.15) is 0 Å². The molecule has 0 heterocycles. The average Bonchev–Trinajstić information content (AvgIpc) is 2.64. The summed E-state index contributed by atoms with van der Waals surface area (Å²) < 4.78 is 19.4. The lowest BCUT2D eigenvalue weighted by Crippen LogP contribution is -2.17. The summed E-state index contributed by atoms with van der Waals surface area (Å²) in [6.07, 6.45) is 7.71. The lowest BCUT2D eigenvalue weighted by molar-refractivity contribution is -0.00804. The van der Waals surface area contributed by atoms with Crippen molar-refractivity contribution in [2.45, 2.75) is 50.7 Å². The Morgan fingerprint density at radius 2 is 1.94 bits per heavy atom. The van der Waals surface area contributed by atoms with Crippen molar-refractivity contribution in [1.82, 2.24) is 0 Å². The number of benzene rings is 1. The molecule has 3 heteroatoms. The van der Waals surface area contributed by atoms with Crippen LogP contribution in [0.3, 0.4) is 0 Å². The molecule has 1 atom stereocenters. The molecule has 1 fully saturated rings. The number of ether oxygens (including phenoxy) is 1. The van der Waals surface area contributed by atoms with Gasteiger partial charge in [0.2, 0.25) is 0 Å². The molecule has 1 saturated carbocycles. The third-order valence-corrected chi connectivity index (χ3v) is 4.11. The fourth-order valence-corrected chi connectivity index (χ4v) is 3.05. The Morgan fingerprint density at radius 3 is 2.56 bits per heavy atom. The van der Waals surface area contributed by atoms with Gasteiger partial charge in [0.1, 0.15) is 5.82 Å². The van der Waals surface area contributed by atoms with Gasteiger partial charge in [-0.1, -0.05) is 53.7 Å². The summed E-state index contributed by atoms with van der Waals surface area (Å²) in [5.41, 5.74) is 0.927. The highest BCUT2D eigenvalue weighted by Gasteiger charge is 2.19. The van der Waals surface area contributed by atoms with Crippen molar-refractivity contribution in [2.24, 2.45) is 0 Å². The number of halogens is 2. The van der Waals surface area contributed by atoms with E-state index in [4.69, 9.17) is 4.74 Å². The fraction of sp³-hybridized carbons (Fsp3) is 0.600. The Hall–Kier alpha value is -0.410. The van der Waals surface area contributed by atoms with Gasteiger partial charge in [0.15, 0.2) is 0 Å². The van der Waals surface area contributed by atoms with Gasteiger partial charge in [-0.15, -0.1) is 0 Å². The summed E-state index contributed by atoms with van der Waals surface area (Å²) in [7, 11) is 0. The minimum Gasteiger partial charge on any atom is -0.369 e. The van der Waals surface area contributed by atoms with E-state index in [1.54, 1.807) is 12.1 Å². The van der Waals surface area contributed by atoms with Gasteiger partial charge in [0.05, 0.1) is 12.2 Å². The molecule has 0 saturated heterocycles. The molecule has 0 radical (unpaired) electrons. The first-order valence-corrected chi connectivity index (χ1v) is 7.88. The Morgan fingerprint density at radius 1 is 1.22 bits per heavy atom. The van der Waals surface area contributed by atoms with Crippen LogP contribution in [-0.4, -0.2) is 11.4 Å². The minimum absolute atomic E-state index is 0.0381. The van der Waals surface area contributed by atoms with E-state index in [2.05, 4.69) is 15.9 Å². The largest absolute Gasteiger partial charge is 0.369 e. The van der Waals surface area contributed by atoms with E-state index >= 15 is 0 Å². The van der Waals surface area contributed by atoms with Crippen molar-refractivity contribution in [3.8, 4) is 0 Å². The fourth-order valence-electron chi connectivity index (χ4n) is 2.52. The van der Waals surface area contributed by atoms with Crippen LogP contribution in [0.4, 0.5) is 4.39 Å². The molecule has 1 unspecified atom stereocenters. The highest BCUT2D eigenvalue weighted by atomic mass is 79.9. The molecule has 0 spiro atoms. The zero-order valence-electron chi connectivity index (χ0n) is 10.6. The second kappa shape index (κ2) is 7.25. The number of rotatable bonds is 4. The van der Waals surface area contributed by atoms with E-state index in [1.807, 2.05) is 6.07 Å². The van der Waals surface area contributed by atoms with Gasteiger partial charge in [-0.25, -0.2) is 4.39 Å². The maximum absolute atomic E-state index is 13.2. The van der Waals surface area contributed by atoms with E-state index in [1.165, 1.54) is 31.7 Å². The molecule has 0 bridgehead atoms. The molecule has 100 valence electrons. The molecule has 0 aromatic heterocycles. The van der Waals surface area contributed by atoms with E-state index in [0.29, 0.717) is 11.4 Å². The molecule has 1 aliphatic rings. The van der Waals surface area contributed by atoms with E-state index in [-0.39, 0.29) is 11.9 Å². The number of alkyl halides is 1. The van der Waals surface area contributed by atoms with Gasteiger partial charge in [-0.05, 0) is 30.5 Å². The molecule has 0 N–H and O–H groups in total. The summed E-state index contributed by atoms with van der Waals surface area (Å²) in [6.45, 7) is 0. The molecule has 0 aliphatic heterocycles. The van der Waals surface area contributed by atoms with Crippen LogP contribution >= 0.6 is 15.9 Å². The predicted octanol–water partition coefficient (Wildman–Crippen LogP) is 5.00. The van der Waals surface area contributed by atoms with Crippen LogP contribution in [0.2, 0.25) is 0 Å². The van der Waals surface area contributed by atoms with Gasteiger partial charge in [0.25, 0.3) is 0 Å². The van der Waals surface area contributed by atoms with Crippen LogP contribution in [0, 0.1) is 5.82 Å². The third kappa shape index (κ3) is 4.06. The van der Waals surface area contributed by atoms with Crippen LogP contribution in [0.1, 0.15) is 50.2 Å². The normalized spacial score (nSPS) is 19.4. The SMILES string of the molecule is Fc1cccc(C(CBr)OC2CCCCCC2)c1. The number of hydrogen-bond acceptors (Lipinski definition) is 1. The summed E-state index contributed by atoms with van der Waals surface area (Å²) >= 11 is 3.48. The summed E-state index contributed by atoms with van der Waals surface area (Å²) in [4.78, 5) is 0. The molecular formula is C15H20BrFO. The van der Waals surface area contributed by atoms with Gasteiger partial charge in [0, 0.05) is 5.33 Å². The van der Waals surface area contributed by atoms with Crippen LogP contribution in [0.15, 0.2) is 24.3 Å². The van der Waals surface area contributed by atoms with Crippen LogP contribution in [-0.2, 0) is 4.74 Å². The van der Waals surface area contributed by atoms with Gasteiger partial charge >= 0.3 is 0 Å². The lowest BCUT2D eigenvalue weighted by atomic mass is 10.1. The Labute approximate surface area is 117 Å². The van der Waals surface area contributed by atoms with Crippen molar-refractivity contribution in [2.75, 3.05) is 5.33 Å². The van der Waals surface area contributed by atoms with Crippen molar-refractivity contribution >= 4 is 15.9 Å². The molecule has 2 rings (SSSR count). The molecule has 1 aliphatic carbocycles. The lowest BCUT2D eigenvalue weighted by Gasteiger charge is -2.23. The third-order valence-electron chi connectivity index (χ3n) is 3.52. The van der Waals surface area contributed by atoms with Crippen LogP contribution in [0.25, 0.3) is 0 Å². The minimum atomic E-state index is -0.192. The van der Waals surface area contributed by atoms with Crippen molar-refractivity contribution in [1.29, 1.82) is 0 Å². The van der Waals surface area contributed by atoms with Gasteiger partial charge < -0.3 is 4.74 Å². The summed E-state index contributed by atoms with van der Waals surface area (Å²) in [5, 5.41) is 0.715. The Bertz CT molecular complexity index is 361. The standard InChI is InChI=1S/C15H20BrFO/c16-11-15(12-6-5-7-13(17)10-12)18-14-8-3-1-2-4-9-14/h5-7,10,14-15H,1-4,8-9,11H2. The van der Waals surface area contributed by atoms with Crippen molar-refractivity contribution < 1.29 is 9.13 Å². The molecule has 18 heavy (non-hydrogen) atoms. The molecule has 1 aromatic rings. The maximum Gasteiger partial charge on any atom is 0.123 e. The molecular weight excluding hydrogens is 295 g/mol. The van der Waals surface area contributed by atoms with E-state index < -0.39 is 0 Å². The highest BCUT2D eigenvalue weighted by molar-refractivity contribution is 9.09. The zero-order valence-corrected chi connectivity index (χ0v) is 12.2. The van der Waals surface area contributed by atoms with E-state index in [9.17, 15) is 4.39 Å². The van der Waals surface area contributed by atoms with Crippen molar-refractivity contribution in [3.05, 3.63) is 35.6 Å². The molecule has 0 amide bonds. The van der Waals surface area contributed by atoms with Gasteiger partial charge in [-0.3, -0.25) is 0 Å². The summed E-state index contributed by atoms with van der Waals surface area (Å²) in [6, 6.07) is 6.73. The maximum atomic E-state index is 13.2. The predicted molar refractivity (Wildman–Crippen MR) is 75.5 cm³/mol. The smallest absolute Gasteiger partial charge is 0.123 e.